The highest BCUT2D eigenvalue weighted by Crippen LogP contribution is 2.17. The first-order valence-corrected chi connectivity index (χ1v) is 8.06. The molecule has 0 amide bonds. The zero-order valence-electron chi connectivity index (χ0n) is 13.8. The second kappa shape index (κ2) is 8.33. The minimum atomic E-state index is -1.21. The number of benzene rings is 1. The Labute approximate surface area is 151 Å². The second-order valence-electron chi connectivity index (χ2n) is 5.83. The molecule has 1 fully saturated rings. The largest absolute Gasteiger partial charge is 0.477 e. The number of pyridine rings is 1. The van der Waals surface area contributed by atoms with Crippen molar-refractivity contribution < 1.29 is 14.6 Å². The fourth-order valence-corrected chi connectivity index (χ4v) is 2.98. The summed E-state index contributed by atoms with van der Waals surface area (Å²) in [6.07, 6.45) is 3.00. The van der Waals surface area contributed by atoms with Gasteiger partial charge in [0.05, 0.1) is 31.8 Å². The van der Waals surface area contributed by atoms with Crippen LogP contribution in [0.25, 0.3) is 10.9 Å². The van der Waals surface area contributed by atoms with E-state index in [2.05, 4.69) is 0 Å². The third kappa shape index (κ3) is 3.95. The van der Waals surface area contributed by atoms with Gasteiger partial charge in [0.2, 0.25) is 5.43 Å². The maximum atomic E-state index is 12.6. The van der Waals surface area contributed by atoms with E-state index >= 15 is 0 Å². The van der Waals surface area contributed by atoms with Crippen LogP contribution in [0.15, 0.2) is 29.2 Å². The highest BCUT2D eigenvalue weighted by molar-refractivity contribution is 5.92. The molecule has 0 bridgehead atoms. The normalized spacial score (nSPS) is 14.4. The summed E-state index contributed by atoms with van der Waals surface area (Å²) < 4.78 is 7.13. The van der Waals surface area contributed by atoms with Crippen LogP contribution in [-0.2, 0) is 11.2 Å². The lowest BCUT2D eigenvalue weighted by molar-refractivity contribution is 0.0694. The number of fused-ring (bicyclic) bond motifs is 1. The van der Waals surface area contributed by atoms with Gasteiger partial charge in [-0.25, -0.2) is 4.79 Å². The van der Waals surface area contributed by atoms with E-state index in [1.807, 2.05) is 17.1 Å². The van der Waals surface area contributed by atoms with Gasteiger partial charge < -0.3 is 20.6 Å². The Hall–Kier alpha value is -2.09. The molecule has 7 nitrogen and oxygen atoms in total. The molecule has 25 heavy (non-hydrogen) atoms. The van der Waals surface area contributed by atoms with Crippen molar-refractivity contribution in [3.63, 3.8) is 0 Å². The van der Waals surface area contributed by atoms with Gasteiger partial charge in [0.1, 0.15) is 5.56 Å². The van der Waals surface area contributed by atoms with Crippen LogP contribution < -0.4 is 16.2 Å². The van der Waals surface area contributed by atoms with Gasteiger partial charge >= 0.3 is 5.97 Å². The molecule has 1 aromatic heterocycles. The quantitative estimate of drug-likeness (QED) is 0.817. The first-order valence-electron chi connectivity index (χ1n) is 8.06. The van der Waals surface area contributed by atoms with Crippen LogP contribution in [0.1, 0.15) is 22.3 Å². The number of aryl methyl sites for hydroxylation is 1. The Balaban J connectivity index is 0.00000225. The lowest BCUT2D eigenvalue weighted by Gasteiger charge is -2.32. The summed E-state index contributed by atoms with van der Waals surface area (Å²) in [7, 11) is 0. The summed E-state index contributed by atoms with van der Waals surface area (Å²) in [6, 6.07) is 5.63. The van der Waals surface area contributed by atoms with Crippen molar-refractivity contribution in [3.8, 4) is 0 Å². The summed E-state index contributed by atoms with van der Waals surface area (Å²) in [5.74, 6) is -1.21. The van der Waals surface area contributed by atoms with Crippen molar-refractivity contribution in [2.45, 2.75) is 12.8 Å². The van der Waals surface area contributed by atoms with Gasteiger partial charge in [0.15, 0.2) is 0 Å². The molecule has 136 valence electrons. The molecule has 0 aliphatic carbocycles. The molecule has 3 rings (SSSR count). The number of aromatic nitrogens is 1. The van der Waals surface area contributed by atoms with E-state index in [9.17, 15) is 14.7 Å². The molecule has 3 N–H and O–H groups in total. The van der Waals surface area contributed by atoms with Crippen molar-refractivity contribution in [1.82, 2.24) is 4.68 Å². The van der Waals surface area contributed by atoms with Crippen LogP contribution in [0, 0.1) is 0 Å². The van der Waals surface area contributed by atoms with Gasteiger partial charge in [-0.1, -0.05) is 6.07 Å². The number of halogens is 1. The Morgan fingerprint density at radius 1 is 1.28 bits per heavy atom. The highest BCUT2D eigenvalue weighted by atomic mass is 35.5. The highest BCUT2D eigenvalue weighted by Gasteiger charge is 2.19. The summed E-state index contributed by atoms with van der Waals surface area (Å²) in [5, 5.41) is 11.8. The second-order valence-corrected chi connectivity index (χ2v) is 5.83. The van der Waals surface area contributed by atoms with E-state index < -0.39 is 11.4 Å². The molecule has 2 aromatic rings. The maximum Gasteiger partial charge on any atom is 0.341 e. The van der Waals surface area contributed by atoms with Crippen molar-refractivity contribution in [2.75, 3.05) is 37.9 Å². The van der Waals surface area contributed by atoms with Gasteiger partial charge in [-0.15, -0.1) is 12.4 Å². The number of carbonyl (C=O) groups is 1. The molecule has 1 aromatic carbocycles. The molecule has 0 unspecified atom stereocenters. The predicted molar refractivity (Wildman–Crippen MR) is 98.6 cm³/mol. The average molecular weight is 368 g/mol. The average Bonchev–Trinajstić information content (AvgIpc) is 2.61. The Morgan fingerprint density at radius 2 is 2.00 bits per heavy atom. The Morgan fingerprint density at radius 3 is 2.64 bits per heavy atom. The van der Waals surface area contributed by atoms with Crippen molar-refractivity contribution in [2.24, 2.45) is 5.73 Å². The predicted octanol–water partition coefficient (Wildman–Crippen LogP) is 0.981. The number of ether oxygens (including phenoxy) is 1. The fourth-order valence-electron chi connectivity index (χ4n) is 2.98. The smallest absolute Gasteiger partial charge is 0.341 e. The van der Waals surface area contributed by atoms with E-state index in [1.165, 1.54) is 6.20 Å². The lowest BCUT2D eigenvalue weighted by atomic mass is 10.0. The number of nitrogens with two attached hydrogens (primary N) is 1. The van der Waals surface area contributed by atoms with Crippen LogP contribution in [0.3, 0.4) is 0 Å². The molecule has 0 atom stereocenters. The lowest BCUT2D eigenvalue weighted by Crippen LogP contribution is -2.44. The molecular weight excluding hydrogens is 346 g/mol. The zero-order chi connectivity index (χ0) is 17.1. The van der Waals surface area contributed by atoms with E-state index in [-0.39, 0.29) is 18.0 Å². The van der Waals surface area contributed by atoms with Gasteiger partial charge in [-0.05, 0) is 37.1 Å². The molecule has 2 heterocycles. The number of hydrogen-bond donors (Lipinski definition) is 2. The third-order valence-electron chi connectivity index (χ3n) is 4.24. The number of nitrogens with zero attached hydrogens (tertiary/aromatic N) is 2. The molecule has 0 spiro atoms. The van der Waals surface area contributed by atoms with Crippen LogP contribution in [0.4, 0.5) is 0 Å². The van der Waals surface area contributed by atoms with Gasteiger partial charge in [0.25, 0.3) is 0 Å². The third-order valence-corrected chi connectivity index (χ3v) is 4.24. The molecule has 0 radical (unpaired) electrons. The standard InChI is InChI=1S/C17H21N3O4.ClH/c18-5-1-2-12-3-4-15-13(10-12)16(21)14(17(22)23)11-20(15)19-6-8-24-9-7-19;/h3-4,10-11H,1-2,5-9,18H2,(H,22,23);1H. The van der Waals surface area contributed by atoms with Crippen molar-refractivity contribution in [1.29, 1.82) is 0 Å². The number of carboxylic acid groups (broad SMARTS) is 1. The summed E-state index contributed by atoms with van der Waals surface area (Å²) in [5.41, 5.74) is 6.58. The molecule has 8 heteroatoms. The topological polar surface area (TPSA) is 97.8 Å². The first-order chi connectivity index (χ1) is 11.6. The number of aromatic carboxylic acids is 1. The monoisotopic (exact) mass is 367 g/mol. The molecule has 1 aliphatic heterocycles. The van der Waals surface area contributed by atoms with Crippen LogP contribution in [0.5, 0.6) is 0 Å². The van der Waals surface area contributed by atoms with E-state index in [4.69, 9.17) is 10.5 Å². The summed E-state index contributed by atoms with van der Waals surface area (Å²) in [4.78, 5) is 24.1. The number of rotatable bonds is 5. The first kappa shape index (κ1) is 19.2. The van der Waals surface area contributed by atoms with E-state index in [0.29, 0.717) is 43.8 Å². The zero-order valence-corrected chi connectivity index (χ0v) is 14.6. The van der Waals surface area contributed by atoms with Crippen LogP contribution in [-0.4, -0.2) is 48.6 Å². The minimum Gasteiger partial charge on any atom is -0.477 e. The summed E-state index contributed by atoms with van der Waals surface area (Å²) >= 11 is 0. The van der Waals surface area contributed by atoms with Crippen LogP contribution in [0.2, 0.25) is 0 Å². The fraction of sp³-hybridized carbons (Fsp3) is 0.412. The molecule has 0 saturated carbocycles. The number of morpholine rings is 1. The Bertz CT molecular complexity index is 815. The van der Waals surface area contributed by atoms with Crippen molar-refractivity contribution >= 4 is 29.3 Å². The maximum absolute atomic E-state index is 12.6. The summed E-state index contributed by atoms with van der Waals surface area (Å²) in [6.45, 7) is 3.01. The Kier molecular flexibility index (Phi) is 6.41. The van der Waals surface area contributed by atoms with Gasteiger partial charge in [-0.3, -0.25) is 9.47 Å². The SMILES string of the molecule is Cl.NCCCc1ccc2c(c1)c(=O)c(C(=O)O)cn2N1CCOCC1. The van der Waals surface area contributed by atoms with Crippen LogP contribution >= 0.6 is 12.4 Å². The molecule has 1 aliphatic rings. The number of hydrogen-bond acceptors (Lipinski definition) is 5. The van der Waals surface area contributed by atoms with E-state index in [0.717, 1.165) is 18.4 Å². The van der Waals surface area contributed by atoms with Gasteiger partial charge in [0, 0.05) is 11.6 Å². The molecular formula is C17H22ClN3O4. The van der Waals surface area contributed by atoms with E-state index in [1.54, 1.807) is 10.7 Å². The van der Waals surface area contributed by atoms with Gasteiger partial charge in [-0.2, -0.15) is 0 Å². The number of carboxylic acids is 1. The van der Waals surface area contributed by atoms with Crippen molar-refractivity contribution in [3.05, 3.63) is 45.7 Å². The minimum absolute atomic E-state index is 0. The molecule has 1 saturated heterocycles.